The number of hydrogen-bond acceptors (Lipinski definition) is 2. The summed E-state index contributed by atoms with van der Waals surface area (Å²) >= 11 is 0. The summed E-state index contributed by atoms with van der Waals surface area (Å²) in [6.07, 6.45) is 4.17. The Morgan fingerprint density at radius 2 is 2.33 bits per heavy atom. The van der Waals surface area contributed by atoms with Crippen molar-refractivity contribution in [2.45, 2.75) is 18.9 Å². The number of nitrogens with one attached hydrogen (secondary N) is 1. The monoisotopic (exact) mass is 339 g/mol. The van der Waals surface area contributed by atoms with Crippen LogP contribution in [0.25, 0.3) is 0 Å². The fourth-order valence-corrected chi connectivity index (χ4v) is 1.38. The van der Waals surface area contributed by atoms with Crippen molar-refractivity contribution in [3.05, 3.63) is 6.42 Å². The van der Waals surface area contributed by atoms with Crippen molar-refractivity contribution in [1.82, 2.24) is 10.2 Å². The van der Waals surface area contributed by atoms with E-state index in [0.29, 0.717) is 0 Å². The largest absolute Gasteiger partial charge is 0.358 e. The number of likely N-dealkylation sites (tertiary alicyclic amines) is 1. The number of hydrogen-bond donors (Lipinski definition) is 1. The molecule has 1 aliphatic heterocycles. The Kier molecular flexibility index (Phi) is 5.77. The molecule has 3 nitrogen and oxygen atoms in total. The Hall–Kier alpha value is 0.118. The first-order chi connectivity index (χ1) is 5.25. The summed E-state index contributed by atoms with van der Waals surface area (Å²) in [5, 5.41) is 2.66. The van der Waals surface area contributed by atoms with E-state index in [1.807, 2.05) is 7.05 Å². The molecule has 1 atom stereocenters. The van der Waals surface area contributed by atoms with Crippen molar-refractivity contribution in [2.24, 2.45) is 0 Å². The van der Waals surface area contributed by atoms with E-state index < -0.39 is 0 Å². The molecule has 1 heterocycles. The molecule has 0 aromatic heterocycles. The number of piperidine rings is 1. The van der Waals surface area contributed by atoms with Crippen LogP contribution in [0, 0.1) is 6.42 Å². The minimum Gasteiger partial charge on any atom is -0.358 e. The molecular weight excluding hydrogens is 324 g/mol. The van der Waals surface area contributed by atoms with Crippen molar-refractivity contribution in [3.8, 4) is 0 Å². The summed E-state index contributed by atoms with van der Waals surface area (Å²) in [4.78, 5) is 13.3. The third-order valence-electron chi connectivity index (χ3n) is 2.16. The normalized spacial score (nSPS) is 24.3. The number of rotatable bonds is 1. The summed E-state index contributed by atoms with van der Waals surface area (Å²) in [5.74, 6) is 0.128. The number of carbonyl (C=O) groups excluding carboxylic acids is 1. The first-order valence-electron chi connectivity index (χ1n) is 3.99. The minimum absolute atomic E-state index is 0. The van der Waals surface area contributed by atoms with Gasteiger partial charge in [0, 0.05) is 28.1 Å². The van der Waals surface area contributed by atoms with Gasteiger partial charge in [0.15, 0.2) is 0 Å². The molecule has 0 aromatic rings. The molecule has 1 saturated heterocycles. The first-order valence-corrected chi connectivity index (χ1v) is 3.99. The molecule has 0 bridgehead atoms. The molecule has 1 fully saturated rings. The van der Waals surface area contributed by atoms with E-state index in [4.69, 9.17) is 0 Å². The molecule has 1 aliphatic rings. The van der Waals surface area contributed by atoms with Crippen molar-refractivity contribution < 1.29 is 25.9 Å². The molecule has 4 heteroatoms. The van der Waals surface area contributed by atoms with Crippen LogP contribution >= 0.6 is 0 Å². The Bertz CT molecular complexity index is 152. The number of likely N-dealkylation sites (N-methyl/N-ethyl adjacent to an activating group) is 2. The zero-order chi connectivity index (χ0) is 8.27. The summed E-state index contributed by atoms with van der Waals surface area (Å²) in [6.45, 7) is 0.998. The van der Waals surface area contributed by atoms with Crippen LogP contribution in [0.3, 0.4) is 0 Å². The Labute approximate surface area is 88.1 Å². The van der Waals surface area contributed by atoms with Crippen molar-refractivity contribution >= 4 is 5.91 Å². The topological polar surface area (TPSA) is 32.3 Å². The number of nitrogens with zero attached hydrogens (tertiary/aromatic N) is 1. The van der Waals surface area contributed by atoms with Gasteiger partial charge in [0.2, 0.25) is 5.91 Å². The summed E-state index contributed by atoms with van der Waals surface area (Å²) in [6, 6.07) is 0.0637. The molecule has 70 valence electrons. The van der Waals surface area contributed by atoms with Crippen LogP contribution in [-0.4, -0.2) is 37.5 Å². The molecule has 1 unspecified atom stereocenters. The van der Waals surface area contributed by atoms with E-state index >= 15 is 0 Å². The second-order valence-corrected chi connectivity index (χ2v) is 2.92. The Morgan fingerprint density at radius 1 is 1.67 bits per heavy atom. The van der Waals surface area contributed by atoms with Crippen LogP contribution in [0.2, 0.25) is 0 Å². The maximum atomic E-state index is 11.2. The number of amides is 1. The summed E-state index contributed by atoms with van der Waals surface area (Å²) in [5.41, 5.74) is 0. The fourth-order valence-electron chi connectivity index (χ4n) is 1.38. The summed E-state index contributed by atoms with van der Waals surface area (Å²) in [7, 11) is 3.68. The van der Waals surface area contributed by atoms with E-state index in [9.17, 15) is 4.79 Å². The van der Waals surface area contributed by atoms with Crippen LogP contribution < -0.4 is 5.32 Å². The van der Waals surface area contributed by atoms with Gasteiger partial charge < -0.3 is 11.7 Å². The smallest absolute Gasteiger partial charge is 0.234 e. The van der Waals surface area contributed by atoms with Crippen molar-refractivity contribution in [3.63, 3.8) is 0 Å². The maximum Gasteiger partial charge on any atom is 0.234 e. The van der Waals surface area contributed by atoms with Gasteiger partial charge in [0.1, 0.15) is 0 Å². The molecule has 0 spiro atoms. The second-order valence-electron chi connectivity index (χ2n) is 2.92. The van der Waals surface area contributed by atoms with Crippen molar-refractivity contribution in [2.75, 3.05) is 20.6 Å². The SMILES string of the molecule is CNC(=O)C1C[CH-]CCN1C.[W]. The quantitative estimate of drug-likeness (QED) is 0.684. The number of carbonyl (C=O) groups is 1. The van der Waals surface area contributed by atoms with Crippen LogP contribution in [0.5, 0.6) is 0 Å². The van der Waals surface area contributed by atoms with Gasteiger partial charge in [-0.3, -0.25) is 9.69 Å². The van der Waals surface area contributed by atoms with Gasteiger partial charge in [-0.2, -0.15) is 12.8 Å². The third kappa shape index (κ3) is 2.87. The molecule has 0 aliphatic carbocycles. The van der Waals surface area contributed by atoms with Crippen molar-refractivity contribution in [1.29, 1.82) is 0 Å². The summed E-state index contributed by atoms with van der Waals surface area (Å²) < 4.78 is 0. The van der Waals surface area contributed by atoms with Gasteiger partial charge in [0.25, 0.3) is 0 Å². The van der Waals surface area contributed by atoms with Gasteiger partial charge in [-0.25, -0.2) is 0 Å². The predicted octanol–water partition coefficient (Wildman–Crippen LogP) is 0.0284. The third-order valence-corrected chi connectivity index (χ3v) is 2.16. The van der Waals surface area contributed by atoms with Gasteiger partial charge in [-0.15, -0.1) is 0 Å². The van der Waals surface area contributed by atoms with Gasteiger partial charge in [0.05, 0.1) is 6.04 Å². The van der Waals surface area contributed by atoms with E-state index in [0.717, 1.165) is 19.4 Å². The van der Waals surface area contributed by atoms with E-state index in [2.05, 4.69) is 16.6 Å². The van der Waals surface area contributed by atoms with Crippen LogP contribution in [-0.2, 0) is 25.9 Å². The average Bonchev–Trinajstić information content (AvgIpc) is 2.04. The molecular formula is C8H15N2OW-. The van der Waals surface area contributed by atoms with E-state index in [1.54, 1.807) is 7.05 Å². The maximum absolute atomic E-state index is 11.2. The minimum atomic E-state index is 0. The molecule has 1 N–H and O–H groups in total. The van der Waals surface area contributed by atoms with Gasteiger partial charge >= 0.3 is 0 Å². The Balaban J connectivity index is 0.00000121. The molecule has 0 radical (unpaired) electrons. The molecule has 0 saturated carbocycles. The van der Waals surface area contributed by atoms with Crippen LogP contribution in [0.4, 0.5) is 0 Å². The van der Waals surface area contributed by atoms with Crippen LogP contribution in [0.1, 0.15) is 12.8 Å². The van der Waals surface area contributed by atoms with Gasteiger partial charge in [-0.05, 0) is 13.6 Å². The van der Waals surface area contributed by atoms with E-state index in [-0.39, 0.29) is 33.0 Å². The zero-order valence-electron chi connectivity index (χ0n) is 7.54. The average molecular weight is 339 g/mol. The predicted molar refractivity (Wildman–Crippen MR) is 44.0 cm³/mol. The molecule has 1 amide bonds. The Morgan fingerprint density at radius 3 is 2.83 bits per heavy atom. The van der Waals surface area contributed by atoms with Gasteiger partial charge in [-0.1, -0.05) is 0 Å². The molecule has 12 heavy (non-hydrogen) atoms. The molecule has 1 rings (SSSR count). The first kappa shape index (κ1) is 12.1. The molecule has 0 aromatic carbocycles. The fraction of sp³-hybridized carbons (Fsp3) is 0.750. The second kappa shape index (κ2) is 5.71. The van der Waals surface area contributed by atoms with Crippen LogP contribution in [0.15, 0.2) is 0 Å². The zero-order valence-corrected chi connectivity index (χ0v) is 10.5. The standard InChI is InChI=1S/C8H15N2O.W/c1-9-8(11)7-5-3-4-6-10(7)2;/h3,7H,4-6H2,1-2H3,(H,9,11);/q-1;. The van der Waals surface area contributed by atoms with E-state index in [1.165, 1.54) is 0 Å².